The number of carbonyl (C=O) groups excluding carboxylic acids is 2. The SMILES string of the molecule is CNC(=O)c1ccc(NC(=O)c2oc3c(ccc4ccccc43)c2C)cc1. The maximum absolute atomic E-state index is 12.7. The molecule has 0 aliphatic carbocycles. The molecule has 1 aromatic heterocycles. The van der Waals surface area contributed by atoms with Gasteiger partial charge in [-0.2, -0.15) is 0 Å². The van der Waals surface area contributed by atoms with Gasteiger partial charge < -0.3 is 15.1 Å². The molecule has 2 N–H and O–H groups in total. The number of anilines is 1. The van der Waals surface area contributed by atoms with E-state index < -0.39 is 0 Å². The first kappa shape index (κ1) is 16.8. The number of hydrogen-bond acceptors (Lipinski definition) is 3. The number of carbonyl (C=O) groups is 2. The van der Waals surface area contributed by atoms with E-state index in [0.717, 1.165) is 21.7 Å². The van der Waals surface area contributed by atoms with Gasteiger partial charge in [-0.25, -0.2) is 0 Å². The largest absolute Gasteiger partial charge is 0.450 e. The molecule has 0 aliphatic rings. The molecule has 0 unspecified atom stereocenters. The van der Waals surface area contributed by atoms with Gasteiger partial charge in [-0.3, -0.25) is 9.59 Å². The van der Waals surface area contributed by atoms with Crippen LogP contribution in [0.5, 0.6) is 0 Å². The van der Waals surface area contributed by atoms with Gasteiger partial charge in [-0.1, -0.05) is 36.4 Å². The zero-order valence-corrected chi connectivity index (χ0v) is 15.0. The second-order valence-electron chi connectivity index (χ2n) is 6.33. The van der Waals surface area contributed by atoms with E-state index in [9.17, 15) is 9.59 Å². The maximum Gasteiger partial charge on any atom is 0.291 e. The van der Waals surface area contributed by atoms with Crippen LogP contribution in [0.2, 0.25) is 0 Å². The molecular weight excluding hydrogens is 340 g/mol. The second-order valence-corrected chi connectivity index (χ2v) is 6.33. The van der Waals surface area contributed by atoms with Crippen molar-refractivity contribution < 1.29 is 14.0 Å². The fourth-order valence-corrected chi connectivity index (χ4v) is 3.20. The Labute approximate surface area is 156 Å². The minimum Gasteiger partial charge on any atom is -0.450 e. The Morgan fingerprint density at radius 3 is 2.33 bits per heavy atom. The summed E-state index contributed by atoms with van der Waals surface area (Å²) in [5.74, 6) is -0.204. The van der Waals surface area contributed by atoms with Crippen molar-refractivity contribution in [2.45, 2.75) is 6.92 Å². The Hall–Kier alpha value is -3.60. The first-order valence-corrected chi connectivity index (χ1v) is 8.63. The van der Waals surface area contributed by atoms with Crippen LogP contribution in [-0.4, -0.2) is 18.9 Å². The van der Waals surface area contributed by atoms with Crippen molar-refractivity contribution in [1.82, 2.24) is 5.32 Å². The van der Waals surface area contributed by atoms with Gasteiger partial charge in [0.2, 0.25) is 0 Å². The van der Waals surface area contributed by atoms with Gasteiger partial charge in [0, 0.05) is 34.6 Å². The Balaban J connectivity index is 1.67. The number of hydrogen-bond donors (Lipinski definition) is 2. The third-order valence-electron chi connectivity index (χ3n) is 4.67. The van der Waals surface area contributed by atoms with E-state index in [1.54, 1.807) is 31.3 Å². The summed E-state index contributed by atoms with van der Waals surface area (Å²) in [5, 5.41) is 8.36. The Morgan fingerprint density at radius 2 is 1.59 bits per heavy atom. The molecule has 0 radical (unpaired) electrons. The molecule has 0 atom stereocenters. The van der Waals surface area contributed by atoms with E-state index in [1.807, 2.05) is 43.3 Å². The van der Waals surface area contributed by atoms with E-state index in [0.29, 0.717) is 16.8 Å². The van der Waals surface area contributed by atoms with Crippen LogP contribution >= 0.6 is 0 Å². The molecule has 0 bridgehead atoms. The zero-order chi connectivity index (χ0) is 19.0. The summed E-state index contributed by atoms with van der Waals surface area (Å²) in [6.07, 6.45) is 0. The van der Waals surface area contributed by atoms with Gasteiger partial charge in [0.1, 0.15) is 5.58 Å². The highest BCUT2D eigenvalue weighted by atomic mass is 16.3. The number of furan rings is 1. The van der Waals surface area contributed by atoms with Crippen molar-refractivity contribution in [1.29, 1.82) is 0 Å². The normalized spacial score (nSPS) is 10.9. The van der Waals surface area contributed by atoms with Gasteiger partial charge in [0.15, 0.2) is 5.76 Å². The summed E-state index contributed by atoms with van der Waals surface area (Å²) < 4.78 is 5.95. The molecule has 4 aromatic rings. The molecule has 27 heavy (non-hydrogen) atoms. The first-order valence-electron chi connectivity index (χ1n) is 8.63. The van der Waals surface area contributed by atoms with Gasteiger partial charge in [0.05, 0.1) is 0 Å². The van der Waals surface area contributed by atoms with E-state index >= 15 is 0 Å². The number of fused-ring (bicyclic) bond motifs is 3. The molecule has 134 valence electrons. The van der Waals surface area contributed by atoms with Crippen LogP contribution in [0.25, 0.3) is 21.7 Å². The zero-order valence-electron chi connectivity index (χ0n) is 15.0. The number of amides is 2. The highest BCUT2D eigenvalue weighted by Gasteiger charge is 2.19. The molecule has 2 amide bonds. The van der Waals surface area contributed by atoms with Crippen LogP contribution < -0.4 is 10.6 Å². The number of rotatable bonds is 3. The number of benzene rings is 3. The first-order chi connectivity index (χ1) is 13.1. The van der Waals surface area contributed by atoms with Gasteiger partial charge in [-0.15, -0.1) is 0 Å². The molecule has 3 aromatic carbocycles. The lowest BCUT2D eigenvalue weighted by molar-refractivity contribution is 0.0962. The third kappa shape index (κ3) is 2.93. The minimum atomic E-state index is -0.319. The predicted molar refractivity (Wildman–Crippen MR) is 106 cm³/mol. The van der Waals surface area contributed by atoms with Crippen molar-refractivity contribution in [2.75, 3.05) is 12.4 Å². The Kier molecular flexibility index (Phi) is 4.12. The molecule has 0 saturated carbocycles. The van der Waals surface area contributed by atoms with Crippen LogP contribution in [0.4, 0.5) is 5.69 Å². The maximum atomic E-state index is 12.7. The van der Waals surface area contributed by atoms with Crippen LogP contribution in [0.3, 0.4) is 0 Å². The summed E-state index contributed by atoms with van der Waals surface area (Å²) in [6.45, 7) is 1.88. The molecule has 0 saturated heterocycles. The average molecular weight is 358 g/mol. The van der Waals surface area contributed by atoms with Crippen molar-refractivity contribution in [3.8, 4) is 0 Å². The summed E-state index contributed by atoms with van der Waals surface area (Å²) in [5.41, 5.74) is 2.64. The van der Waals surface area contributed by atoms with Crippen LogP contribution in [0.15, 0.2) is 65.1 Å². The number of aryl methyl sites for hydroxylation is 1. The Bertz CT molecular complexity index is 1170. The monoisotopic (exact) mass is 358 g/mol. The van der Waals surface area contributed by atoms with E-state index in [4.69, 9.17) is 4.42 Å². The van der Waals surface area contributed by atoms with Crippen LogP contribution in [0, 0.1) is 6.92 Å². The smallest absolute Gasteiger partial charge is 0.291 e. The van der Waals surface area contributed by atoms with Crippen molar-refractivity contribution in [2.24, 2.45) is 0 Å². The molecule has 4 rings (SSSR count). The fourth-order valence-electron chi connectivity index (χ4n) is 3.20. The van der Waals surface area contributed by atoms with Crippen LogP contribution in [0.1, 0.15) is 26.5 Å². The molecule has 0 fully saturated rings. The molecular formula is C22H18N2O3. The van der Waals surface area contributed by atoms with E-state index in [-0.39, 0.29) is 17.6 Å². The molecule has 0 spiro atoms. The van der Waals surface area contributed by atoms with Gasteiger partial charge in [-0.05, 0) is 36.6 Å². The summed E-state index contributed by atoms with van der Waals surface area (Å²) in [6, 6.07) is 18.6. The lowest BCUT2D eigenvalue weighted by Crippen LogP contribution is -2.18. The number of nitrogens with one attached hydrogen (secondary N) is 2. The molecule has 5 nitrogen and oxygen atoms in total. The summed E-state index contributed by atoms with van der Waals surface area (Å²) in [7, 11) is 1.58. The standard InChI is InChI=1S/C22H18N2O3/c1-13-17-12-9-14-5-3-4-6-18(14)20(17)27-19(13)22(26)24-16-10-7-15(8-11-16)21(25)23-2/h3-12H,1-2H3,(H,23,25)(H,24,26). The van der Waals surface area contributed by atoms with Crippen molar-refractivity contribution >= 4 is 39.2 Å². The predicted octanol–water partition coefficient (Wildman–Crippen LogP) is 4.51. The lowest BCUT2D eigenvalue weighted by Gasteiger charge is -2.05. The average Bonchev–Trinajstić information content (AvgIpc) is 3.05. The molecule has 0 aliphatic heterocycles. The van der Waals surface area contributed by atoms with Gasteiger partial charge >= 0.3 is 0 Å². The van der Waals surface area contributed by atoms with Gasteiger partial charge in [0.25, 0.3) is 11.8 Å². The Morgan fingerprint density at radius 1 is 0.852 bits per heavy atom. The summed E-state index contributed by atoms with van der Waals surface area (Å²) >= 11 is 0. The lowest BCUT2D eigenvalue weighted by atomic mass is 10.1. The molecule has 1 heterocycles. The highest BCUT2D eigenvalue weighted by Crippen LogP contribution is 2.32. The topological polar surface area (TPSA) is 71.3 Å². The van der Waals surface area contributed by atoms with Crippen molar-refractivity contribution in [3.05, 3.63) is 77.6 Å². The van der Waals surface area contributed by atoms with Crippen molar-refractivity contribution in [3.63, 3.8) is 0 Å². The third-order valence-corrected chi connectivity index (χ3v) is 4.67. The van der Waals surface area contributed by atoms with Crippen LogP contribution in [-0.2, 0) is 0 Å². The van der Waals surface area contributed by atoms with E-state index in [2.05, 4.69) is 10.6 Å². The molecule has 5 heteroatoms. The fraction of sp³-hybridized carbons (Fsp3) is 0.0909. The quantitative estimate of drug-likeness (QED) is 0.566. The summed E-state index contributed by atoms with van der Waals surface area (Å²) in [4.78, 5) is 24.3. The highest BCUT2D eigenvalue weighted by molar-refractivity contribution is 6.11. The van der Waals surface area contributed by atoms with E-state index in [1.165, 1.54) is 0 Å². The second kappa shape index (κ2) is 6.61. The minimum absolute atomic E-state index is 0.173.